The van der Waals surface area contributed by atoms with Crippen molar-refractivity contribution < 1.29 is 19.1 Å². The molecule has 1 aliphatic carbocycles. The molecule has 21 heavy (non-hydrogen) atoms. The van der Waals surface area contributed by atoms with Crippen molar-refractivity contribution in [1.82, 2.24) is 0 Å². The number of carbonyl (C=O) groups is 3. The summed E-state index contributed by atoms with van der Waals surface area (Å²) in [5.41, 5.74) is 2.16. The molecule has 0 aliphatic heterocycles. The molecule has 1 aliphatic rings. The zero-order chi connectivity index (χ0) is 15.6. The van der Waals surface area contributed by atoms with Crippen LogP contribution in [0.1, 0.15) is 24.2 Å². The third-order valence-corrected chi connectivity index (χ3v) is 3.38. The first-order chi connectivity index (χ1) is 9.93. The van der Waals surface area contributed by atoms with Crippen molar-refractivity contribution in [1.29, 1.82) is 0 Å². The van der Waals surface area contributed by atoms with E-state index in [2.05, 4.69) is 10.1 Å². The van der Waals surface area contributed by atoms with E-state index in [4.69, 9.17) is 0 Å². The Kier molecular flexibility index (Phi) is 4.03. The van der Waals surface area contributed by atoms with Crippen molar-refractivity contribution in [3.05, 3.63) is 52.7 Å². The van der Waals surface area contributed by atoms with Crippen LogP contribution in [-0.4, -0.2) is 24.6 Å². The number of hydrogen-bond acceptors (Lipinski definition) is 5. The van der Waals surface area contributed by atoms with E-state index >= 15 is 0 Å². The molecule has 0 unspecified atom stereocenters. The van der Waals surface area contributed by atoms with Crippen molar-refractivity contribution in [2.24, 2.45) is 0 Å². The Bertz CT molecular complexity index is 681. The zero-order valence-corrected chi connectivity index (χ0v) is 12.0. The fourth-order valence-corrected chi connectivity index (χ4v) is 1.92. The molecule has 1 aromatic carbocycles. The van der Waals surface area contributed by atoms with Gasteiger partial charge in [-0.25, -0.2) is 4.79 Å². The SMILES string of the molecule is COC(=O)c1ccc(NC2=CC(=O)C(C)=C(C)C2=O)cc1. The number of ether oxygens (including phenoxy) is 1. The first-order valence-electron chi connectivity index (χ1n) is 6.37. The van der Waals surface area contributed by atoms with E-state index < -0.39 is 5.97 Å². The average Bonchev–Trinajstić information content (AvgIpc) is 2.50. The molecular formula is C16H15NO4. The Labute approximate surface area is 122 Å². The third kappa shape index (κ3) is 2.91. The van der Waals surface area contributed by atoms with Gasteiger partial charge in [-0.1, -0.05) is 0 Å². The first-order valence-corrected chi connectivity index (χ1v) is 6.37. The van der Waals surface area contributed by atoms with E-state index in [1.54, 1.807) is 38.1 Å². The smallest absolute Gasteiger partial charge is 0.337 e. The number of anilines is 1. The maximum atomic E-state index is 12.1. The molecule has 0 aromatic heterocycles. The van der Waals surface area contributed by atoms with Crippen LogP contribution in [0.3, 0.4) is 0 Å². The number of nitrogens with one attached hydrogen (secondary N) is 1. The van der Waals surface area contributed by atoms with Crippen molar-refractivity contribution in [2.45, 2.75) is 13.8 Å². The fourth-order valence-electron chi connectivity index (χ4n) is 1.92. The van der Waals surface area contributed by atoms with Crippen molar-refractivity contribution in [3.63, 3.8) is 0 Å². The van der Waals surface area contributed by atoms with Crippen LogP contribution in [0.5, 0.6) is 0 Å². The highest BCUT2D eigenvalue weighted by Crippen LogP contribution is 2.21. The molecule has 0 saturated heterocycles. The van der Waals surface area contributed by atoms with Gasteiger partial charge in [0, 0.05) is 22.9 Å². The highest BCUT2D eigenvalue weighted by molar-refractivity contribution is 6.23. The van der Waals surface area contributed by atoms with Crippen molar-refractivity contribution >= 4 is 23.2 Å². The molecule has 0 spiro atoms. The summed E-state index contributed by atoms with van der Waals surface area (Å²) in [6.45, 7) is 3.26. The summed E-state index contributed by atoms with van der Waals surface area (Å²) in [6.07, 6.45) is 1.29. The molecule has 1 aromatic rings. The van der Waals surface area contributed by atoms with Gasteiger partial charge in [0.15, 0.2) is 5.78 Å². The number of benzene rings is 1. The maximum Gasteiger partial charge on any atom is 0.337 e. The lowest BCUT2D eigenvalue weighted by Gasteiger charge is -2.16. The number of Topliss-reactive ketones (excluding diaryl/α,β-unsaturated/α-hetero) is 1. The topological polar surface area (TPSA) is 72.5 Å². The molecule has 0 amide bonds. The number of methoxy groups -OCH3 is 1. The minimum absolute atomic E-state index is 0.180. The lowest BCUT2D eigenvalue weighted by Crippen LogP contribution is -2.21. The second-order valence-electron chi connectivity index (χ2n) is 4.70. The van der Waals surface area contributed by atoms with E-state index in [1.807, 2.05) is 0 Å². The van der Waals surface area contributed by atoms with E-state index in [-0.39, 0.29) is 17.3 Å². The summed E-state index contributed by atoms with van der Waals surface area (Å²) in [5, 5.41) is 2.90. The number of ketones is 2. The van der Waals surface area contributed by atoms with Gasteiger partial charge >= 0.3 is 5.97 Å². The van der Waals surface area contributed by atoms with E-state index in [9.17, 15) is 14.4 Å². The van der Waals surface area contributed by atoms with Gasteiger partial charge in [-0.2, -0.15) is 0 Å². The largest absolute Gasteiger partial charge is 0.465 e. The molecule has 108 valence electrons. The number of esters is 1. The van der Waals surface area contributed by atoms with Gasteiger partial charge in [0.2, 0.25) is 5.78 Å². The highest BCUT2D eigenvalue weighted by atomic mass is 16.5. The molecule has 1 N–H and O–H groups in total. The van der Waals surface area contributed by atoms with Crippen LogP contribution in [-0.2, 0) is 14.3 Å². The van der Waals surface area contributed by atoms with Gasteiger partial charge in [-0.3, -0.25) is 9.59 Å². The van der Waals surface area contributed by atoms with Crippen molar-refractivity contribution in [3.8, 4) is 0 Å². The molecule has 0 atom stereocenters. The summed E-state index contributed by atoms with van der Waals surface area (Å²) in [5.74, 6) is -0.816. The predicted molar refractivity (Wildman–Crippen MR) is 77.9 cm³/mol. The molecule has 0 bridgehead atoms. The zero-order valence-electron chi connectivity index (χ0n) is 12.0. The van der Waals surface area contributed by atoms with Crippen LogP contribution in [0.15, 0.2) is 47.2 Å². The molecular weight excluding hydrogens is 270 g/mol. The molecule has 5 nitrogen and oxygen atoms in total. The number of rotatable bonds is 3. The van der Waals surface area contributed by atoms with E-state index in [0.717, 1.165) is 0 Å². The standard InChI is InChI=1S/C16H15NO4/c1-9-10(2)15(19)13(8-14(9)18)17-12-6-4-11(5-7-12)16(20)21-3/h4-8,17H,1-3H3. The summed E-state index contributed by atoms with van der Waals surface area (Å²) in [7, 11) is 1.31. The summed E-state index contributed by atoms with van der Waals surface area (Å²) >= 11 is 0. The monoisotopic (exact) mass is 285 g/mol. The lowest BCUT2D eigenvalue weighted by molar-refractivity contribution is -0.115. The quantitative estimate of drug-likeness (QED) is 0.681. The van der Waals surface area contributed by atoms with Gasteiger partial charge in [0.1, 0.15) is 0 Å². The van der Waals surface area contributed by atoms with Gasteiger partial charge in [0.05, 0.1) is 18.4 Å². The summed E-state index contributed by atoms with van der Waals surface area (Å²) in [6, 6.07) is 6.45. The number of allylic oxidation sites excluding steroid dienone is 3. The van der Waals surface area contributed by atoms with Gasteiger partial charge in [-0.05, 0) is 38.1 Å². The average molecular weight is 285 g/mol. The second-order valence-corrected chi connectivity index (χ2v) is 4.70. The van der Waals surface area contributed by atoms with Gasteiger partial charge < -0.3 is 10.1 Å². The van der Waals surface area contributed by atoms with Crippen LogP contribution in [0.2, 0.25) is 0 Å². The van der Waals surface area contributed by atoms with Crippen molar-refractivity contribution in [2.75, 3.05) is 12.4 Å². The number of carbonyl (C=O) groups excluding carboxylic acids is 3. The highest BCUT2D eigenvalue weighted by Gasteiger charge is 2.23. The van der Waals surface area contributed by atoms with Crippen LogP contribution < -0.4 is 5.32 Å². The minimum Gasteiger partial charge on any atom is -0.465 e. The lowest BCUT2D eigenvalue weighted by atomic mass is 9.95. The molecule has 0 radical (unpaired) electrons. The molecule has 5 heteroatoms. The van der Waals surface area contributed by atoms with Crippen LogP contribution in [0.25, 0.3) is 0 Å². The second kappa shape index (κ2) is 5.75. The molecule has 0 saturated carbocycles. The summed E-state index contributed by atoms with van der Waals surface area (Å²) in [4.78, 5) is 35.2. The Morgan fingerprint density at radius 3 is 2.24 bits per heavy atom. The minimum atomic E-state index is -0.431. The Balaban J connectivity index is 2.19. The third-order valence-electron chi connectivity index (χ3n) is 3.38. The normalized spacial score (nSPS) is 14.9. The van der Waals surface area contributed by atoms with Crippen LogP contribution >= 0.6 is 0 Å². The van der Waals surface area contributed by atoms with Crippen LogP contribution in [0, 0.1) is 0 Å². The molecule has 0 heterocycles. The fraction of sp³-hybridized carbons (Fsp3) is 0.188. The molecule has 2 rings (SSSR count). The van der Waals surface area contributed by atoms with Gasteiger partial charge in [0.25, 0.3) is 0 Å². The van der Waals surface area contributed by atoms with Crippen LogP contribution in [0.4, 0.5) is 5.69 Å². The van der Waals surface area contributed by atoms with E-state index in [1.165, 1.54) is 13.2 Å². The molecule has 0 fully saturated rings. The maximum absolute atomic E-state index is 12.1. The van der Waals surface area contributed by atoms with Gasteiger partial charge in [-0.15, -0.1) is 0 Å². The Hall–Kier alpha value is -2.69. The van der Waals surface area contributed by atoms with E-state index in [0.29, 0.717) is 22.4 Å². The first kappa shape index (κ1) is 14.7. The Morgan fingerprint density at radius 2 is 1.67 bits per heavy atom. The predicted octanol–water partition coefficient (Wildman–Crippen LogP) is 2.26. The summed E-state index contributed by atoms with van der Waals surface area (Å²) < 4.78 is 4.61. The number of hydrogen-bond donors (Lipinski definition) is 1. The Morgan fingerprint density at radius 1 is 1.05 bits per heavy atom.